The van der Waals surface area contributed by atoms with Crippen molar-refractivity contribution in [2.24, 2.45) is 5.92 Å². The molecule has 0 saturated carbocycles. The first-order valence-electron chi connectivity index (χ1n) is 9.63. The van der Waals surface area contributed by atoms with Crippen molar-refractivity contribution in [3.05, 3.63) is 72.2 Å². The summed E-state index contributed by atoms with van der Waals surface area (Å²) in [7, 11) is 0. The normalized spacial score (nSPS) is 16.5. The van der Waals surface area contributed by atoms with Gasteiger partial charge >= 0.3 is 5.97 Å². The summed E-state index contributed by atoms with van der Waals surface area (Å²) in [4.78, 5) is 26.3. The van der Waals surface area contributed by atoms with Crippen LogP contribution in [0.1, 0.15) is 18.5 Å². The molecule has 0 aliphatic carbocycles. The maximum absolute atomic E-state index is 13.5. The van der Waals surface area contributed by atoms with Gasteiger partial charge in [-0.15, -0.1) is 0 Å². The molecule has 154 valence electrons. The van der Waals surface area contributed by atoms with E-state index < -0.39 is 17.7 Å². The number of carbonyl (C=O) groups is 2. The highest BCUT2D eigenvalue weighted by atomic mass is 19.1. The van der Waals surface area contributed by atoms with Crippen LogP contribution in [0.2, 0.25) is 0 Å². The fourth-order valence-electron chi connectivity index (χ4n) is 3.49. The summed E-state index contributed by atoms with van der Waals surface area (Å²) in [5.74, 6) is -1.04. The van der Waals surface area contributed by atoms with Gasteiger partial charge in [-0.05, 0) is 36.8 Å². The molecule has 8 heteroatoms. The van der Waals surface area contributed by atoms with Gasteiger partial charge in [0, 0.05) is 24.7 Å². The van der Waals surface area contributed by atoms with Crippen molar-refractivity contribution >= 4 is 23.4 Å². The third kappa shape index (κ3) is 4.17. The lowest BCUT2D eigenvalue weighted by atomic mass is 9.97. The Morgan fingerprint density at radius 2 is 1.90 bits per heavy atom. The molecule has 4 rings (SSSR count). The van der Waals surface area contributed by atoms with Crippen LogP contribution in [0.5, 0.6) is 0 Å². The molecule has 30 heavy (non-hydrogen) atoms. The van der Waals surface area contributed by atoms with Crippen molar-refractivity contribution in [2.45, 2.75) is 19.4 Å². The van der Waals surface area contributed by atoms with Gasteiger partial charge in [-0.3, -0.25) is 9.59 Å². The second-order valence-corrected chi connectivity index (χ2v) is 7.14. The monoisotopic (exact) mass is 408 g/mol. The van der Waals surface area contributed by atoms with Gasteiger partial charge in [0.25, 0.3) is 0 Å². The molecule has 1 amide bonds. The lowest BCUT2D eigenvalue weighted by Gasteiger charge is -2.31. The number of nitrogen functional groups attached to an aromatic ring is 1. The van der Waals surface area contributed by atoms with E-state index >= 15 is 0 Å². The molecule has 7 nitrogen and oxygen atoms in total. The van der Waals surface area contributed by atoms with Gasteiger partial charge in [0.2, 0.25) is 5.91 Å². The summed E-state index contributed by atoms with van der Waals surface area (Å²) in [5, 5.41) is 4.39. The first-order chi connectivity index (χ1) is 14.5. The van der Waals surface area contributed by atoms with Crippen molar-refractivity contribution < 1.29 is 18.7 Å². The smallest absolute Gasteiger partial charge is 0.311 e. The van der Waals surface area contributed by atoms with E-state index in [1.54, 1.807) is 16.8 Å². The van der Waals surface area contributed by atoms with E-state index in [0.717, 1.165) is 5.69 Å². The highest BCUT2D eigenvalue weighted by Gasteiger charge is 2.32. The van der Waals surface area contributed by atoms with E-state index in [-0.39, 0.29) is 25.5 Å². The Labute approximate surface area is 172 Å². The molecule has 0 bridgehead atoms. The Kier molecular flexibility index (Phi) is 5.47. The molecule has 3 aromatic rings. The maximum Gasteiger partial charge on any atom is 0.311 e. The van der Waals surface area contributed by atoms with Crippen molar-refractivity contribution in [2.75, 3.05) is 17.2 Å². The van der Waals surface area contributed by atoms with Crippen LogP contribution in [0.3, 0.4) is 0 Å². The van der Waals surface area contributed by atoms with E-state index in [4.69, 9.17) is 10.5 Å². The SMILES string of the molecule is Nc1cc(COC(=O)C2CCC(=O)N(c3cccc(F)c3)C2)nn1-c1ccccc1. The summed E-state index contributed by atoms with van der Waals surface area (Å²) in [6.07, 6.45) is 0.593. The Morgan fingerprint density at radius 3 is 2.67 bits per heavy atom. The molecule has 0 spiro atoms. The minimum Gasteiger partial charge on any atom is -0.459 e. The van der Waals surface area contributed by atoms with Crippen LogP contribution in [0.25, 0.3) is 5.69 Å². The second-order valence-electron chi connectivity index (χ2n) is 7.14. The maximum atomic E-state index is 13.5. The second kappa shape index (κ2) is 8.36. The molecule has 1 fully saturated rings. The van der Waals surface area contributed by atoms with Gasteiger partial charge in [-0.1, -0.05) is 24.3 Å². The fraction of sp³-hybridized carbons (Fsp3) is 0.227. The number of benzene rings is 2. The lowest BCUT2D eigenvalue weighted by molar-refractivity contribution is -0.150. The van der Waals surface area contributed by atoms with Gasteiger partial charge in [-0.25, -0.2) is 9.07 Å². The molecule has 1 aromatic heterocycles. The number of rotatable bonds is 5. The summed E-state index contributed by atoms with van der Waals surface area (Å²) in [6, 6.07) is 16.8. The van der Waals surface area contributed by atoms with E-state index in [1.165, 1.54) is 23.1 Å². The van der Waals surface area contributed by atoms with E-state index in [1.807, 2.05) is 30.3 Å². The van der Waals surface area contributed by atoms with Crippen molar-refractivity contribution in [1.29, 1.82) is 0 Å². The van der Waals surface area contributed by atoms with E-state index in [0.29, 0.717) is 23.6 Å². The van der Waals surface area contributed by atoms with Crippen molar-refractivity contribution in [3.63, 3.8) is 0 Å². The molecule has 1 aliphatic rings. The van der Waals surface area contributed by atoms with Crippen LogP contribution < -0.4 is 10.6 Å². The number of hydrogen-bond donors (Lipinski definition) is 1. The third-order valence-electron chi connectivity index (χ3n) is 5.01. The fourth-order valence-corrected chi connectivity index (χ4v) is 3.49. The van der Waals surface area contributed by atoms with Crippen LogP contribution in [-0.2, 0) is 20.9 Å². The minimum absolute atomic E-state index is 0.0206. The van der Waals surface area contributed by atoms with Gasteiger partial charge in [0.1, 0.15) is 23.9 Å². The zero-order valence-corrected chi connectivity index (χ0v) is 16.2. The number of amides is 1. The Hall–Kier alpha value is -3.68. The van der Waals surface area contributed by atoms with Crippen LogP contribution in [-0.4, -0.2) is 28.2 Å². The van der Waals surface area contributed by atoms with E-state index in [9.17, 15) is 14.0 Å². The molecule has 1 unspecified atom stereocenters. The Bertz CT molecular complexity index is 1070. The highest BCUT2D eigenvalue weighted by molar-refractivity contribution is 5.95. The molecular formula is C22H21FN4O3. The zero-order valence-electron chi connectivity index (χ0n) is 16.2. The molecule has 0 radical (unpaired) electrons. The van der Waals surface area contributed by atoms with Gasteiger partial charge in [0.15, 0.2) is 0 Å². The Morgan fingerprint density at radius 1 is 1.13 bits per heavy atom. The van der Waals surface area contributed by atoms with Gasteiger partial charge < -0.3 is 15.4 Å². The largest absolute Gasteiger partial charge is 0.459 e. The molecule has 1 aliphatic heterocycles. The standard InChI is InChI=1S/C22H21FN4O3/c23-16-5-4-8-19(11-16)26-13-15(9-10-21(26)28)22(29)30-14-17-12-20(24)27(25-17)18-6-2-1-3-7-18/h1-8,11-12,15H,9-10,13-14,24H2. The number of ether oxygens (including phenoxy) is 1. The average molecular weight is 408 g/mol. The number of hydrogen-bond acceptors (Lipinski definition) is 5. The predicted molar refractivity (Wildman–Crippen MR) is 109 cm³/mol. The van der Waals surface area contributed by atoms with Crippen LogP contribution in [0, 0.1) is 11.7 Å². The van der Waals surface area contributed by atoms with Gasteiger partial charge in [-0.2, -0.15) is 5.10 Å². The first kappa shape index (κ1) is 19.6. The number of carbonyl (C=O) groups excluding carboxylic acids is 2. The zero-order chi connectivity index (χ0) is 21.1. The third-order valence-corrected chi connectivity index (χ3v) is 5.01. The average Bonchev–Trinajstić information content (AvgIpc) is 3.13. The summed E-state index contributed by atoms with van der Waals surface area (Å²) in [6.45, 7) is 0.134. The van der Waals surface area contributed by atoms with Gasteiger partial charge in [0.05, 0.1) is 11.6 Å². The van der Waals surface area contributed by atoms with E-state index in [2.05, 4.69) is 5.10 Å². The quantitative estimate of drug-likeness (QED) is 0.655. The molecule has 1 saturated heterocycles. The lowest BCUT2D eigenvalue weighted by Crippen LogP contribution is -2.43. The Balaban J connectivity index is 1.40. The number of esters is 1. The van der Waals surface area contributed by atoms with Crippen LogP contribution in [0.15, 0.2) is 60.7 Å². The topological polar surface area (TPSA) is 90.4 Å². The molecular weight excluding hydrogens is 387 g/mol. The first-order valence-corrected chi connectivity index (χ1v) is 9.63. The summed E-state index contributed by atoms with van der Waals surface area (Å²) in [5.41, 5.74) is 7.79. The number of halogens is 1. The molecule has 2 heterocycles. The van der Waals surface area contributed by atoms with Crippen molar-refractivity contribution in [3.8, 4) is 5.69 Å². The summed E-state index contributed by atoms with van der Waals surface area (Å²) >= 11 is 0. The van der Waals surface area contributed by atoms with Crippen LogP contribution in [0.4, 0.5) is 15.9 Å². The van der Waals surface area contributed by atoms with Crippen molar-refractivity contribution in [1.82, 2.24) is 9.78 Å². The predicted octanol–water partition coefficient (Wildman–Crippen LogP) is 3.08. The molecule has 2 aromatic carbocycles. The molecule has 2 N–H and O–H groups in total. The summed E-state index contributed by atoms with van der Waals surface area (Å²) < 4.78 is 20.5. The number of para-hydroxylation sites is 1. The molecule has 1 atom stereocenters. The minimum atomic E-state index is -0.487. The number of piperidine rings is 1. The number of nitrogens with two attached hydrogens (primary N) is 1. The highest BCUT2D eigenvalue weighted by Crippen LogP contribution is 2.26. The number of anilines is 2. The number of aromatic nitrogens is 2. The number of nitrogens with zero attached hydrogens (tertiary/aromatic N) is 3. The van der Waals surface area contributed by atoms with Crippen LogP contribution >= 0.6 is 0 Å².